The second-order valence-corrected chi connectivity index (χ2v) is 3.88. The topological polar surface area (TPSA) is 76.7 Å². The lowest BCUT2D eigenvalue weighted by Crippen LogP contribution is -2.27. The highest BCUT2D eigenvalue weighted by Crippen LogP contribution is 1.89. The third-order valence-corrected chi connectivity index (χ3v) is 2.14. The van der Waals surface area contributed by atoms with Crippen molar-refractivity contribution in [3.05, 3.63) is 0 Å². The van der Waals surface area contributed by atoms with Gasteiger partial charge in [-0.25, -0.2) is 0 Å². The van der Waals surface area contributed by atoms with E-state index in [0.29, 0.717) is 39.4 Å². The molecule has 0 unspecified atom stereocenters. The Kier molecular flexibility index (Phi) is 11.8. The molecule has 106 valence electrons. The smallest absolute Gasteiger partial charge is 0.220 e. The molecule has 18 heavy (non-hydrogen) atoms. The number of ketones is 1. The Hall–Kier alpha value is -0.980. The predicted molar refractivity (Wildman–Crippen MR) is 68.5 cm³/mol. The second-order valence-electron chi connectivity index (χ2n) is 3.88. The summed E-state index contributed by atoms with van der Waals surface area (Å²) in [5, 5.41) is 5.66. The molecular weight excluding hydrogens is 236 g/mol. The van der Waals surface area contributed by atoms with Crippen LogP contribution in [-0.4, -0.2) is 58.3 Å². The summed E-state index contributed by atoms with van der Waals surface area (Å²) in [6.45, 7) is 4.97. The Morgan fingerprint density at radius 1 is 0.944 bits per heavy atom. The minimum atomic E-state index is -0.112. The number of hydrogen-bond donors (Lipinski definition) is 2. The number of hydrogen-bond acceptors (Lipinski definition) is 5. The van der Waals surface area contributed by atoms with Crippen LogP contribution in [0.2, 0.25) is 0 Å². The average Bonchev–Trinajstić information content (AvgIpc) is 2.34. The quantitative estimate of drug-likeness (QED) is 0.472. The van der Waals surface area contributed by atoms with Crippen molar-refractivity contribution in [1.29, 1.82) is 0 Å². The fraction of sp³-hybridized carbons (Fsp3) is 0.833. The van der Waals surface area contributed by atoms with Crippen LogP contribution in [-0.2, 0) is 19.1 Å². The van der Waals surface area contributed by atoms with Crippen LogP contribution < -0.4 is 10.6 Å². The third kappa shape index (κ3) is 13.1. The first-order valence-electron chi connectivity index (χ1n) is 6.23. The van der Waals surface area contributed by atoms with E-state index in [2.05, 4.69) is 10.6 Å². The van der Waals surface area contributed by atoms with Crippen LogP contribution >= 0.6 is 0 Å². The van der Waals surface area contributed by atoms with Crippen molar-refractivity contribution in [1.82, 2.24) is 10.6 Å². The molecular formula is C12H24N2O4. The number of carbonyl (C=O) groups excluding carboxylic acids is 2. The van der Waals surface area contributed by atoms with Crippen molar-refractivity contribution in [2.75, 3.05) is 46.6 Å². The van der Waals surface area contributed by atoms with Crippen molar-refractivity contribution < 1.29 is 19.1 Å². The summed E-state index contributed by atoms with van der Waals surface area (Å²) < 4.78 is 10.5. The molecule has 2 N–H and O–H groups in total. The zero-order valence-corrected chi connectivity index (χ0v) is 11.3. The van der Waals surface area contributed by atoms with Gasteiger partial charge in [-0.2, -0.15) is 0 Å². The molecule has 6 nitrogen and oxygen atoms in total. The number of amides is 1. The summed E-state index contributed by atoms with van der Waals surface area (Å²) in [6, 6.07) is 0. The normalized spacial score (nSPS) is 10.3. The van der Waals surface area contributed by atoms with E-state index >= 15 is 0 Å². The number of nitrogens with one attached hydrogen (secondary N) is 2. The largest absolute Gasteiger partial charge is 0.378 e. The Balaban J connectivity index is 3.15. The predicted octanol–water partition coefficient (Wildman–Crippen LogP) is -0.276. The first-order valence-corrected chi connectivity index (χ1v) is 6.23. The SMILES string of the molecule is CNCCOCCOCCNC(=O)CCC(C)=O. The molecule has 0 aliphatic heterocycles. The molecule has 0 aliphatic rings. The number of ether oxygens (including phenoxy) is 2. The van der Waals surface area contributed by atoms with Crippen LogP contribution in [0.3, 0.4) is 0 Å². The first-order chi connectivity index (χ1) is 8.66. The summed E-state index contributed by atoms with van der Waals surface area (Å²) in [4.78, 5) is 21.9. The van der Waals surface area contributed by atoms with Gasteiger partial charge in [-0.15, -0.1) is 0 Å². The maximum atomic E-state index is 11.2. The highest BCUT2D eigenvalue weighted by atomic mass is 16.5. The van der Waals surface area contributed by atoms with E-state index < -0.39 is 0 Å². The van der Waals surface area contributed by atoms with Crippen molar-refractivity contribution in [2.24, 2.45) is 0 Å². The van der Waals surface area contributed by atoms with Crippen LogP contribution in [0.5, 0.6) is 0 Å². The lowest BCUT2D eigenvalue weighted by Gasteiger charge is -2.06. The van der Waals surface area contributed by atoms with Crippen molar-refractivity contribution >= 4 is 11.7 Å². The van der Waals surface area contributed by atoms with E-state index in [1.165, 1.54) is 6.92 Å². The molecule has 0 heterocycles. The Morgan fingerprint density at radius 3 is 2.11 bits per heavy atom. The van der Waals surface area contributed by atoms with E-state index in [1.807, 2.05) is 7.05 Å². The van der Waals surface area contributed by atoms with E-state index in [4.69, 9.17) is 9.47 Å². The van der Waals surface area contributed by atoms with Gasteiger partial charge < -0.3 is 24.9 Å². The molecule has 1 amide bonds. The van der Waals surface area contributed by atoms with E-state index in [1.54, 1.807) is 0 Å². The van der Waals surface area contributed by atoms with Gasteiger partial charge in [0.15, 0.2) is 0 Å². The van der Waals surface area contributed by atoms with Gasteiger partial charge in [-0.05, 0) is 14.0 Å². The summed E-state index contributed by atoms with van der Waals surface area (Å²) in [5.74, 6) is -0.0841. The fourth-order valence-corrected chi connectivity index (χ4v) is 1.14. The van der Waals surface area contributed by atoms with Crippen LogP contribution in [0.4, 0.5) is 0 Å². The Morgan fingerprint density at radius 2 is 1.56 bits per heavy atom. The van der Waals surface area contributed by atoms with E-state index in [9.17, 15) is 9.59 Å². The van der Waals surface area contributed by atoms with Gasteiger partial charge in [0.1, 0.15) is 5.78 Å². The van der Waals surface area contributed by atoms with Gasteiger partial charge in [-0.1, -0.05) is 0 Å². The van der Waals surface area contributed by atoms with Crippen molar-refractivity contribution in [3.63, 3.8) is 0 Å². The lowest BCUT2D eigenvalue weighted by atomic mass is 10.2. The molecule has 0 aromatic carbocycles. The molecule has 0 bridgehead atoms. The van der Waals surface area contributed by atoms with Gasteiger partial charge in [0, 0.05) is 25.9 Å². The lowest BCUT2D eigenvalue weighted by molar-refractivity contribution is -0.124. The van der Waals surface area contributed by atoms with Gasteiger partial charge in [0.05, 0.1) is 26.4 Å². The Labute approximate surface area is 108 Å². The van der Waals surface area contributed by atoms with Crippen LogP contribution in [0.25, 0.3) is 0 Å². The maximum absolute atomic E-state index is 11.2. The molecule has 0 rings (SSSR count). The molecule has 0 aromatic heterocycles. The highest BCUT2D eigenvalue weighted by molar-refractivity contribution is 5.83. The highest BCUT2D eigenvalue weighted by Gasteiger charge is 2.02. The summed E-state index contributed by atoms with van der Waals surface area (Å²) >= 11 is 0. The number of likely N-dealkylation sites (N-methyl/N-ethyl adjacent to an activating group) is 1. The second kappa shape index (κ2) is 12.5. The van der Waals surface area contributed by atoms with Crippen LogP contribution in [0.1, 0.15) is 19.8 Å². The standard InChI is InChI=1S/C12H24N2O4/c1-11(15)3-4-12(16)14-6-8-18-10-9-17-7-5-13-2/h13H,3-10H2,1-2H3,(H,14,16). The molecule has 0 saturated heterocycles. The van der Waals surface area contributed by atoms with Crippen LogP contribution in [0, 0.1) is 0 Å². The molecule has 0 fully saturated rings. The molecule has 0 radical (unpaired) electrons. The molecule has 0 aliphatic carbocycles. The third-order valence-electron chi connectivity index (χ3n) is 2.14. The monoisotopic (exact) mass is 260 g/mol. The van der Waals surface area contributed by atoms with Gasteiger partial charge in [0.2, 0.25) is 5.91 Å². The first kappa shape index (κ1) is 17.0. The van der Waals surface area contributed by atoms with Gasteiger partial charge >= 0.3 is 0 Å². The summed E-state index contributed by atoms with van der Waals surface area (Å²) in [7, 11) is 1.87. The number of rotatable bonds is 12. The van der Waals surface area contributed by atoms with Crippen molar-refractivity contribution in [2.45, 2.75) is 19.8 Å². The zero-order chi connectivity index (χ0) is 13.6. The summed E-state index contributed by atoms with van der Waals surface area (Å²) in [5.41, 5.74) is 0. The number of carbonyl (C=O) groups is 2. The van der Waals surface area contributed by atoms with Gasteiger partial charge in [0.25, 0.3) is 0 Å². The summed E-state index contributed by atoms with van der Waals surface area (Å²) in [6.07, 6.45) is 0.550. The fourth-order valence-electron chi connectivity index (χ4n) is 1.14. The van der Waals surface area contributed by atoms with E-state index in [-0.39, 0.29) is 18.1 Å². The molecule has 0 saturated carbocycles. The Bertz CT molecular complexity index is 234. The zero-order valence-electron chi connectivity index (χ0n) is 11.3. The minimum absolute atomic E-state index is 0.0279. The molecule has 6 heteroatoms. The maximum Gasteiger partial charge on any atom is 0.220 e. The average molecular weight is 260 g/mol. The molecule has 0 spiro atoms. The van der Waals surface area contributed by atoms with Crippen LogP contribution in [0.15, 0.2) is 0 Å². The molecule has 0 atom stereocenters. The number of Topliss-reactive ketones (excluding diaryl/α,β-unsaturated/α-hetero) is 1. The molecule has 0 aromatic rings. The minimum Gasteiger partial charge on any atom is -0.378 e. The van der Waals surface area contributed by atoms with Crippen molar-refractivity contribution in [3.8, 4) is 0 Å². The van der Waals surface area contributed by atoms with Gasteiger partial charge in [-0.3, -0.25) is 4.79 Å². The van der Waals surface area contributed by atoms with E-state index in [0.717, 1.165) is 6.54 Å².